The molecule has 18 heavy (non-hydrogen) atoms. The minimum Gasteiger partial charge on any atom is -0.452 e. The lowest BCUT2D eigenvalue weighted by Crippen LogP contribution is -1.96. The monoisotopic (exact) mass is 315 g/mol. The highest BCUT2D eigenvalue weighted by molar-refractivity contribution is 9.10. The van der Waals surface area contributed by atoms with Crippen LogP contribution in [0.25, 0.3) is 0 Å². The molecule has 1 N–H and O–H groups in total. The zero-order valence-electron chi connectivity index (χ0n) is 9.03. The van der Waals surface area contributed by atoms with E-state index < -0.39 is 11.6 Å². The van der Waals surface area contributed by atoms with E-state index in [2.05, 4.69) is 20.9 Å². The summed E-state index contributed by atoms with van der Waals surface area (Å²) in [5.74, 6) is -2.21. The van der Waals surface area contributed by atoms with Crippen molar-refractivity contribution >= 4 is 15.9 Å². The van der Waals surface area contributed by atoms with Crippen LogP contribution in [0, 0.1) is 11.6 Å². The molecular formula is C12H8BrF2NO2. The van der Waals surface area contributed by atoms with Gasteiger partial charge in [0.25, 0.3) is 0 Å². The number of halogens is 3. The fourth-order valence-corrected chi connectivity index (χ4v) is 1.77. The van der Waals surface area contributed by atoms with Crippen molar-refractivity contribution in [3.63, 3.8) is 0 Å². The van der Waals surface area contributed by atoms with Crippen LogP contribution >= 0.6 is 15.9 Å². The highest BCUT2D eigenvalue weighted by atomic mass is 79.9. The molecule has 2 rings (SSSR count). The average molecular weight is 316 g/mol. The Labute approximate surface area is 110 Å². The number of aromatic nitrogens is 1. The molecule has 0 fully saturated rings. The van der Waals surface area contributed by atoms with Gasteiger partial charge in [-0.2, -0.15) is 4.39 Å². The number of nitrogens with zero attached hydrogens (tertiary/aromatic N) is 1. The molecule has 0 radical (unpaired) electrons. The molecule has 0 amide bonds. The summed E-state index contributed by atoms with van der Waals surface area (Å²) in [5, 5.41) is 9.09. The highest BCUT2D eigenvalue weighted by Crippen LogP contribution is 2.30. The molecule has 0 unspecified atom stereocenters. The number of benzene rings is 1. The van der Waals surface area contributed by atoms with Crippen LogP contribution < -0.4 is 4.74 Å². The number of aliphatic hydroxyl groups excluding tert-OH is 1. The second-order valence-corrected chi connectivity index (χ2v) is 4.36. The van der Waals surface area contributed by atoms with Crippen LogP contribution in [0.5, 0.6) is 11.5 Å². The number of pyridine rings is 1. The first-order valence-corrected chi connectivity index (χ1v) is 5.77. The predicted octanol–water partition coefficient (Wildman–Crippen LogP) is 3.41. The molecule has 0 saturated heterocycles. The van der Waals surface area contributed by atoms with Gasteiger partial charge in [-0.15, -0.1) is 0 Å². The molecule has 3 nitrogen and oxygen atoms in total. The molecule has 0 aliphatic heterocycles. The number of hydrogen-bond acceptors (Lipinski definition) is 3. The molecule has 0 aliphatic rings. The molecule has 0 bridgehead atoms. The molecule has 0 atom stereocenters. The summed E-state index contributed by atoms with van der Waals surface area (Å²) in [5.41, 5.74) is 0.435. The van der Waals surface area contributed by atoms with Gasteiger partial charge in [-0.1, -0.05) is 15.9 Å². The van der Waals surface area contributed by atoms with Crippen molar-refractivity contribution in [1.29, 1.82) is 0 Å². The average Bonchev–Trinajstić information content (AvgIpc) is 2.36. The summed E-state index contributed by atoms with van der Waals surface area (Å²) in [6.07, 6.45) is 2.79. The fourth-order valence-electron chi connectivity index (χ4n) is 1.36. The van der Waals surface area contributed by atoms with Gasteiger partial charge in [0.1, 0.15) is 0 Å². The lowest BCUT2D eigenvalue weighted by atomic mass is 10.2. The molecule has 0 spiro atoms. The van der Waals surface area contributed by atoms with Crippen LogP contribution in [0.2, 0.25) is 0 Å². The van der Waals surface area contributed by atoms with Crippen LogP contribution in [0.1, 0.15) is 5.56 Å². The predicted molar refractivity (Wildman–Crippen MR) is 64.3 cm³/mol. The fraction of sp³-hybridized carbons (Fsp3) is 0.0833. The van der Waals surface area contributed by atoms with Gasteiger partial charge in [0.15, 0.2) is 17.3 Å². The normalized spacial score (nSPS) is 10.4. The number of ether oxygens (including phenoxy) is 1. The number of rotatable bonds is 3. The summed E-state index contributed by atoms with van der Waals surface area (Å²) >= 11 is 3.04. The van der Waals surface area contributed by atoms with Gasteiger partial charge in [0, 0.05) is 16.2 Å². The zero-order valence-corrected chi connectivity index (χ0v) is 10.6. The van der Waals surface area contributed by atoms with Crippen molar-refractivity contribution in [1.82, 2.24) is 4.98 Å². The van der Waals surface area contributed by atoms with E-state index in [4.69, 9.17) is 9.84 Å². The van der Waals surface area contributed by atoms with Crippen LogP contribution in [0.3, 0.4) is 0 Å². The van der Waals surface area contributed by atoms with Gasteiger partial charge in [0.2, 0.25) is 5.82 Å². The molecule has 1 aromatic carbocycles. The maximum Gasteiger partial charge on any atom is 0.201 e. The van der Waals surface area contributed by atoms with Gasteiger partial charge < -0.3 is 9.84 Å². The second-order valence-electron chi connectivity index (χ2n) is 3.44. The molecule has 1 aromatic heterocycles. The standard InChI is InChI=1S/C12H8BrF2NO2/c13-8-3-9(14)12(15)10(4-8)18-11-5-16-2-1-7(11)6-17/h1-5,17H,6H2. The largest absolute Gasteiger partial charge is 0.452 e. The first kappa shape index (κ1) is 12.9. The summed E-state index contributed by atoms with van der Waals surface area (Å²) in [4.78, 5) is 3.80. The highest BCUT2D eigenvalue weighted by Gasteiger charge is 2.13. The van der Waals surface area contributed by atoms with E-state index >= 15 is 0 Å². The van der Waals surface area contributed by atoms with E-state index in [0.29, 0.717) is 10.0 Å². The van der Waals surface area contributed by atoms with Gasteiger partial charge in [-0.25, -0.2) is 4.39 Å². The third kappa shape index (κ3) is 2.65. The Hall–Kier alpha value is -1.53. The van der Waals surface area contributed by atoms with Gasteiger partial charge in [-0.3, -0.25) is 4.98 Å². The summed E-state index contributed by atoms with van der Waals surface area (Å²) in [6, 6.07) is 3.83. The zero-order chi connectivity index (χ0) is 13.1. The molecule has 2 aromatic rings. The maximum absolute atomic E-state index is 13.5. The third-order valence-corrected chi connectivity index (χ3v) is 2.68. The van der Waals surface area contributed by atoms with Crippen molar-refractivity contribution in [2.75, 3.05) is 0 Å². The van der Waals surface area contributed by atoms with Crippen LogP contribution in [0.15, 0.2) is 35.1 Å². The molecule has 1 heterocycles. The molecule has 6 heteroatoms. The Kier molecular flexibility index (Phi) is 3.88. The topological polar surface area (TPSA) is 42.4 Å². The first-order chi connectivity index (χ1) is 8.61. The Morgan fingerprint density at radius 1 is 1.28 bits per heavy atom. The summed E-state index contributed by atoms with van der Waals surface area (Å²) < 4.78 is 32.3. The number of aliphatic hydroxyl groups is 1. The molecule has 0 aliphatic carbocycles. The van der Waals surface area contributed by atoms with Crippen molar-refractivity contribution in [3.8, 4) is 11.5 Å². The summed E-state index contributed by atoms with van der Waals surface area (Å²) in [6.45, 7) is -0.282. The Morgan fingerprint density at radius 2 is 2.06 bits per heavy atom. The molecule has 94 valence electrons. The molecule has 0 saturated carbocycles. The Balaban J connectivity index is 2.40. The van der Waals surface area contributed by atoms with Crippen LogP contribution in [-0.4, -0.2) is 10.1 Å². The van der Waals surface area contributed by atoms with E-state index in [0.717, 1.165) is 6.07 Å². The Morgan fingerprint density at radius 3 is 2.78 bits per heavy atom. The van der Waals surface area contributed by atoms with E-state index in [-0.39, 0.29) is 18.1 Å². The van der Waals surface area contributed by atoms with Crippen molar-refractivity contribution in [2.45, 2.75) is 6.61 Å². The lowest BCUT2D eigenvalue weighted by Gasteiger charge is -2.10. The second kappa shape index (κ2) is 5.41. The maximum atomic E-state index is 13.5. The van der Waals surface area contributed by atoms with E-state index in [1.807, 2.05) is 0 Å². The van der Waals surface area contributed by atoms with Crippen LogP contribution in [-0.2, 0) is 6.61 Å². The van der Waals surface area contributed by atoms with Gasteiger partial charge >= 0.3 is 0 Å². The summed E-state index contributed by atoms with van der Waals surface area (Å²) in [7, 11) is 0. The third-order valence-electron chi connectivity index (χ3n) is 2.22. The van der Waals surface area contributed by atoms with Crippen LogP contribution in [0.4, 0.5) is 8.78 Å². The first-order valence-electron chi connectivity index (χ1n) is 4.98. The number of hydrogen-bond donors (Lipinski definition) is 1. The van der Waals surface area contributed by atoms with E-state index in [9.17, 15) is 8.78 Å². The molecular weight excluding hydrogens is 308 g/mol. The van der Waals surface area contributed by atoms with E-state index in [1.165, 1.54) is 24.5 Å². The minimum absolute atomic E-state index is 0.177. The smallest absolute Gasteiger partial charge is 0.201 e. The van der Waals surface area contributed by atoms with Crippen molar-refractivity contribution in [3.05, 3.63) is 52.3 Å². The SMILES string of the molecule is OCc1ccncc1Oc1cc(Br)cc(F)c1F. The van der Waals surface area contributed by atoms with Crippen molar-refractivity contribution < 1.29 is 18.6 Å². The Bertz CT molecular complexity index is 578. The van der Waals surface area contributed by atoms with E-state index in [1.54, 1.807) is 0 Å². The van der Waals surface area contributed by atoms with Gasteiger partial charge in [-0.05, 0) is 18.2 Å². The lowest BCUT2D eigenvalue weighted by molar-refractivity contribution is 0.275. The minimum atomic E-state index is -1.09. The van der Waals surface area contributed by atoms with Gasteiger partial charge in [0.05, 0.1) is 12.8 Å². The quantitative estimate of drug-likeness (QED) is 0.883. The van der Waals surface area contributed by atoms with Crippen molar-refractivity contribution in [2.24, 2.45) is 0 Å².